The average molecular weight is 458 g/mol. The molecule has 0 radical (unpaired) electrons. The third-order valence-electron chi connectivity index (χ3n) is 6.25. The molecule has 0 atom stereocenters. The minimum atomic E-state index is -0.165. The van der Waals surface area contributed by atoms with E-state index in [1.165, 1.54) is 17.5 Å². The van der Waals surface area contributed by atoms with E-state index in [-0.39, 0.29) is 17.6 Å². The Hall–Kier alpha value is -3.78. The third kappa shape index (κ3) is 4.77. The van der Waals surface area contributed by atoms with E-state index in [1.54, 1.807) is 12.3 Å². The first-order valence-corrected chi connectivity index (χ1v) is 11.3. The Bertz CT molecular complexity index is 1220. The highest BCUT2D eigenvalue weighted by molar-refractivity contribution is 5.42. The number of nitrogens with zero attached hydrogens (tertiary/aromatic N) is 4. The summed E-state index contributed by atoms with van der Waals surface area (Å²) in [5.41, 5.74) is 8.82. The standard InChI is InChI=1S/C26H27N5O3/c1-26(2,18-5-9-22(10-6-18)34-23-13-19(27)14-23)17-3-7-21(8-4-17)32-15-20-11-12-28-24(30-20)25-29-16-33-31-25/h3-12,16,19,23H,13-15,27H2,1-2H3/t19-,23+. The highest BCUT2D eigenvalue weighted by Gasteiger charge is 2.28. The Labute approximate surface area is 198 Å². The molecule has 2 aromatic carbocycles. The molecule has 34 heavy (non-hydrogen) atoms. The zero-order valence-corrected chi connectivity index (χ0v) is 19.2. The molecule has 1 fully saturated rings. The molecule has 5 rings (SSSR count). The van der Waals surface area contributed by atoms with Gasteiger partial charge in [-0.1, -0.05) is 43.3 Å². The summed E-state index contributed by atoms with van der Waals surface area (Å²) in [5.74, 6) is 2.41. The molecule has 1 aliphatic carbocycles. The molecule has 8 heteroatoms. The fourth-order valence-corrected chi connectivity index (χ4v) is 3.99. The smallest absolute Gasteiger partial charge is 0.239 e. The predicted octanol–water partition coefficient (Wildman–Crippen LogP) is 4.30. The van der Waals surface area contributed by atoms with E-state index in [2.05, 4.69) is 58.2 Å². The maximum Gasteiger partial charge on any atom is 0.239 e. The molecule has 4 aromatic rings. The van der Waals surface area contributed by atoms with Gasteiger partial charge in [0.2, 0.25) is 18.0 Å². The highest BCUT2D eigenvalue weighted by Crippen LogP contribution is 2.34. The maximum atomic E-state index is 5.98. The maximum absolute atomic E-state index is 5.98. The summed E-state index contributed by atoms with van der Waals surface area (Å²) in [4.78, 5) is 12.6. The Balaban J connectivity index is 1.21. The monoisotopic (exact) mass is 457 g/mol. The van der Waals surface area contributed by atoms with Gasteiger partial charge in [-0.2, -0.15) is 4.98 Å². The second kappa shape index (κ2) is 9.23. The van der Waals surface area contributed by atoms with Crippen LogP contribution in [0.5, 0.6) is 11.5 Å². The summed E-state index contributed by atoms with van der Waals surface area (Å²) in [7, 11) is 0. The lowest BCUT2D eigenvalue weighted by atomic mass is 9.78. The van der Waals surface area contributed by atoms with Crippen LogP contribution in [0.1, 0.15) is 43.5 Å². The van der Waals surface area contributed by atoms with E-state index in [0.717, 1.165) is 30.0 Å². The van der Waals surface area contributed by atoms with Gasteiger partial charge < -0.3 is 19.7 Å². The van der Waals surface area contributed by atoms with Gasteiger partial charge in [0, 0.05) is 17.7 Å². The number of nitrogens with two attached hydrogens (primary N) is 1. The fourth-order valence-electron chi connectivity index (χ4n) is 3.99. The third-order valence-corrected chi connectivity index (χ3v) is 6.25. The Kier molecular flexibility index (Phi) is 5.98. The molecule has 0 aliphatic heterocycles. The molecule has 0 bridgehead atoms. The Morgan fingerprint density at radius 2 is 1.59 bits per heavy atom. The predicted molar refractivity (Wildman–Crippen MR) is 126 cm³/mol. The van der Waals surface area contributed by atoms with Crippen LogP contribution in [0, 0.1) is 0 Å². The van der Waals surface area contributed by atoms with Crippen LogP contribution in [-0.4, -0.2) is 32.3 Å². The van der Waals surface area contributed by atoms with Crippen LogP contribution in [0.25, 0.3) is 11.6 Å². The summed E-state index contributed by atoms with van der Waals surface area (Å²) in [5, 5.41) is 3.77. The van der Waals surface area contributed by atoms with Crippen molar-refractivity contribution in [3.05, 3.63) is 84.0 Å². The molecule has 1 saturated carbocycles. The second-order valence-corrected chi connectivity index (χ2v) is 9.06. The largest absolute Gasteiger partial charge is 0.490 e. The molecule has 0 unspecified atom stereocenters. The van der Waals surface area contributed by atoms with Crippen LogP contribution in [0.15, 0.2) is 71.7 Å². The SMILES string of the molecule is CC(C)(c1ccc(OCc2ccnc(-c3ncon3)n2)cc1)c1ccc(O[C@H]2C[C@@H](N)C2)cc1. The van der Waals surface area contributed by atoms with E-state index in [1.807, 2.05) is 24.3 Å². The van der Waals surface area contributed by atoms with Gasteiger partial charge in [0.05, 0.1) is 5.69 Å². The van der Waals surface area contributed by atoms with E-state index >= 15 is 0 Å². The summed E-state index contributed by atoms with van der Waals surface area (Å²) < 4.78 is 16.7. The van der Waals surface area contributed by atoms with Crippen molar-refractivity contribution in [3.63, 3.8) is 0 Å². The number of aromatic nitrogens is 4. The number of rotatable bonds is 8. The van der Waals surface area contributed by atoms with Gasteiger partial charge >= 0.3 is 0 Å². The van der Waals surface area contributed by atoms with Gasteiger partial charge in [-0.3, -0.25) is 0 Å². The zero-order valence-electron chi connectivity index (χ0n) is 19.2. The molecule has 8 nitrogen and oxygen atoms in total. The van der Waals surface area contributed by atoms with Crippen LogP contribution in [0.3, 0.4) is 0 Å². The van der Waals surface area contributed by atoms with Crippen LogP contribution in [-0.2, 0) is 12.0 Å². The first-order valence-electron chi connectivity index (χ1n) is 11.3. The van der Waals surface area contributed by atoms with E-state index < -0.39 is 0 Å². The van der Waals surface area contributed by atoms with Gasteiger partial charge in [0.25, 0.3) is 0 Å². The second-order valence-electron chi connectivity index (χ2n) is 9.06. The topological polar surface area (TPSA) is 109 Å². The molecule has 0 spiro atoms. The molecular weight excluding hydrogens is 430 g/mol. The van der Waals surface area contributed by atoms with Crippen LogP contribution in [0.4, 0.5) is 0 Å². The average Bonchev–Trinajstić information content (AvgIpc) is 3.38. The molecule has 0 amide bonds. The van der Waals surface area contributed by atoms with Gasteiger partial charge in [0.15, 0.2) is 0 Å². The van der Waals surface area contributed by atoms with E-state index in [0.29, 0.717) is 18.3 Å². The number of hydrogen-bond donors (Lipinski definition) is 1. The van der Waals surface area contributed by atoms with Crippen molar-refractivity contribution in [1.82, 2.24) is 20.1 Å². The molecule has 0 saturated heterocycles. The van der Waals surface area contributed by atoms with E-state index in [9.17, 15) is 0 Å². The Morgan fingerprint density at radius 1 is 0.912 bits per heavy atom. The zero-order chi connectivity index (χ0) is 23.5. The van der Waals surface area contributed by atoms with Gasteiger partial charge in [-0.25, -0.2) is 9.97 Å². The van der Waals surface area contributed by atoms with Crippen molar-refractivity contribution in [2.75, 3.05) is 0 Å². The summed E-state index contributed by atoms with van der Waals surface area (Å²) in [6.07, 6.45) is 5.01. The van der Waals surface area contributed by atoms with Gasteiger partial charge in [-0.15, -0.1) is 0 Å². The van der Waals surface area contributed by atoms with Crippen molar-refractivity contribution in [2.45, 2.75) is 50.9 Å². The minimum absolute atomic E-state index is 0.165. The van der Waals surface area contributed by atoms with Crippen LogP contribution < -0.4 is 15.2 Å². The number of ether oxygens (including phenoxy) is 2. The lowest BCUT2D eigenvalue weighted by Gasteiger charge is -2.33. The van der Waals surface area contributed by atoms with Gasteiger partial charge in [-0.05, 0) is 54.3 Å². The molecule has 2 heterocycles. The van der Waals surface area contributed by atoms with Crippen molar-refractivity contribution in [2.24, 2.45) is 5.73 Å². The quantitative estimate of drug-likeness (QED) is 0.417. The molecule has 174 valence electrons. The first kappa shape index (κ1) is 22.0. The van der Waals surface area contributed by atoms with Crippen LogP contribution in [0.2, 0.25) is 0 Å². The lowest BCUT2D eigenvalue weighted by molar-refractivity contribution is 0.101. The van der Waals surface area contributed by atoms with Crippen molar-refractivity contribution in [1.29, 1.82) is 0 Å². The van der Waals surface area contributed by atoms with Crippen molar-refractivity contribution in [3.8, 4) is 23.1 Å². The van der Waals surface area contributed by atoms with Crippen LogP contribution >= 0.6 is 0 Å². The fraction of sp³-hybridized carbons (Fsp3) is 0.308. The molecular formula is C26H27N5O3. The Morgan fingerprint density at radius 3 is 2.21 bits per heavy atom. The summed E-state index contributed by atoms with van der Waals surface area (Å²) in [6.45, 7) is 4.73. The minimum Gasteiger partial charge on any atom is -0.490 e. The normalized spacial score (nSPS) is 17.7. The van der Waals surface area contributed by atoms with Crippen molar-refractivity contribution >= 4 is 0 Å². The highest BCUT2D eigenvalue weighted by atomic mass is 16.5. The summed E-state index contributed by atoms with van der Waals surface area (Å²) in [6, 6.07) is 18.6. The summed E-state index contributed by atoms with van der Waals surface area (Å²) >= 11 is 0. The number of benzene rings is 2. The number of hydrogen-bond acceptors (Lipinski definition) is 8. The van der Waals surface area contributed by atoms with Gasteiger partial charge in [0.1, 0.15) is 24.2 Å². The van der Waals surface area contributed by atoms with Crippen molar-refractivity contribution < 1.29 is 14.0 Å². The lowest BCUT2D eigenvalue weighted by Crippen LogP contribution is -2.43. The first-order chi connectivity index (χ1) is 16.5. The van der Waals surface area contributed by atoms with E-state index in [4.69, 9.17) is 19.7 Å². The molecule has 1 aliphatic rings. The molecule has 2 N–H and O–H groups in total. The molecule has 2 aromatic heterocycles.